The van der Waals surface area contributed by atoms with Crippen molar-refractivity contribution in [2.24, 2.45) is 0 Å². The molecule has 20 heavy (non-hydrogen) atoms. The number of hydrogen-bond donors (Lipinski definition) is 1. The van der Waals surface area contributed by atoms with Crippen LogP contribution in [0.25, 0.3) is 0 Å². The Morgan fingerprint density at radius 3 is 2.75 bits per heavy atom. The summed E-state index contributed by atoms with van der Waals surface area (Å²) in [5, 5.41) is 3.41. The molecule has 0 unspecified atom stereocenters. The zero-order valence-corrected chi connectivity index (χ0v) is 11.3. The summed E-state index contributed by atoms with van der Waals surface area (Å²) in [6, 6.07) is 6.56. The standard InChI is InChI=1S/C15H18N4O/c1-2-7-16-12(3-1)6-8-20-15-11-18-14(10-19-15)9-17-13-4-5-13/h1-3,7,10-11,13,17H,4-6,8-9H2. The van der Waals surface area contributed by atoms with Gasteiger partial charge in [-0.2, -0.15) is 0 Å². The number of nitrogens with one attached hydrogen (secondary N) is 1. The van der Waals surface area contributed by atoms with Crippen LogP contribution in [0.5, 0.6) is 5.88 Å². The molecule has 1 saturated carbocycles. The first kappa shape index (κ1) is 13.0. The molecule has 1 N–H and O–H groups in total. The van der Waals surface area contributed by atoms with Gasteiger partial charge in [-0.3, -0.25) is 9.97 Å². The molecule has 0 atom stereocenters. The maximum absolute atomic E-state index is 5.57. The lowest BCUT2D eigenvalue weighted by Crippen LogP contribution is -2.16. The second kappa shape index (κ2) is 6.43. The predicted molar refractivity (Wildman–Crippen MR) is 75.3 cm³/mol. The lowest BCUT2D eigenvalue weighted by molar-refractivity contribution is 0.306. The molecular formula is C15H18N4O. The second-order valence-electron chi connectivity index (χ2n) is 4.92. The lowest BCUT2D eigenvalue weighted by atomic mass is 10.3. The normalized spacial score (nSPS) is 14.2. The molecule has 104 valence electrons. The first-order valence-electron chi connectivity index (χ1n) is 6.97. The molecule has 5 nitrogen and oxygen atoms in total. The van der Waals surface area contributed by atoms with Gasteiger partial charge in [-0.25, -0.2) is 4.98 Å². The summed E-state index contributed by atoms with van der Waals surface area (Å²) in [6.45, 7) is 1.34. The van der Waals surface area contributed by atoms with E-state index < -0.39 is 0 Å². The molecule has 0 aliphatic heterocycles. The number of pyridine rings is 1. The minimum Gasteiger partial charge on any atom is -0.476 e. The Morgan fingerprint density at radius 2 is 2.05 bits per heavy atom. The molecule has 2 heterocycles. The molecule has 0 amide bonds. The number of rotatable bonds is 7. The van der Waals surface area contributed by atoms with Crippen LogP contribution in [-0.4, -0.2) is 27.6 Å². The third-order valence-corrected chi connectivity index (χ3v) is 3.17. The van der Waals surface area contributed by atoms with Gasteiger partial charge in [0.05, 0.1) is 24.7 Å². The summed E-state index contributed by atoms with van der Waals surface area (Å²) in [5.74, 6) is 0.566. The van der Waals surface area contributed by atoms with Gasteiger partial charge < -0.3 is 10.1 Å². The SMILES string of the molecule is c1ccc(CCOc2cnc(CNC3CC3)cn2)nc1. The quantitative estimate of drug-likeness (QED) is 0.830. The Labute approximate surface area is 118 Å². The van der Waals surface area contributed by atoms with Gasteiger partial charge in [0.1, 0.15) is 0 Å². The number of aromatic nitrogens is 3. The Hall–Kier alpha value is -2.01. The van der Waals surface area contributed by atoms with E-state index in [1.165, 1.54) is 12.8 Å². The van der Waals surface area contributed by atoms with Crippen molar-refractivity contribution in [3.63, 3.8) is 0 Å². The zero-order chi connectivity index (χ0) is 13.6. The monoisotopic (exact) mass is 270 g/mol. The molecule has 3 rings (SSSR count). The number of ether oxygens (including phenoxy) is 1. The van der Waals surface area contributed by atoms with Gasteiger partial charge in [0.2, 0.25) is 5.88 Å². The topological polar surface area (TPSA) is 59.9 Å². The van der Waals surface area contributed by atoms with E-state index in [2.05, 4.69) is 20.3 Å². The van der Waals surface area contributed by atoms with E-state index in [1.54, 1.807) is 18.6 Å². The lowest BCUT2D eigenvalue weighted by Gasteiger charge is -2.06. The Morgan fingerprint density at radius 1 is 1.10 bits per heavy atom. The van der Waals surface area contributed by atoms with Crippen molar-refractivity contribution in [2.75, 3.05) is 6.61 Å². The van der Waals surface area contributed by atoms with Gasteiger partial charge in [-0.15, -0.1) is 0 Å². The van der Waals surface area contributed by atoms with E-state index in [0.717, 1.165) is 24.4 Å². The summed E-state index contributed by atoms with van der Waals surface area (Å²) in [5.41, 5.74) is 1.97. The number of hydrogen-bond acceptors (Lipinski definition) is 5. The van der Waals surface area contributed by atoms with Gasteiger partial charge in [0, 0.05) is 30.9 Å². The maximum atomic E-state index is 5.57. The van der Waals surface area contributed by atoms with Crippen molar-refractivity contribution in [3.8, 4) is 5.88 Å². The molecule has 5 heteroatoms. The van der Waals surface area contributed by atoms with Crippen LogP contribution >= 0.6 is 0 Å². The average Bonchev–Trinajstić information content (AvgIpc) is 3.32. The zero-order valence-electron chi connectivity index (χ0n) is 11.3. The predicted octanol–water partition coefficient (Wildman–Crippen LogP) is 1.75. The van der Waals surface area contributed by atoms with Gasteiger partial charge in [-0.05, 0) is 25.0 Å². The van der Waals surface area contributed by atoms with E-state index in [1.807, 2.05) is 18.2 Å². The third-order valence-electron chi connectivity index (χ3n) is 3.17. The van der Waals surface area contributed by atoms with Crippen LogP contribution in [0.3, 0.4) is 0 Å². The molecule has 2 aromatic rings. The molecule has 2 aromatic heterocycles. The molecule has 1 fully saturated rings. The summed E-state index contributed by atoms with van der Waals surface area (Å²) >= 11 is 0. The van der Waals surface area contributed by atoms with Crippen molar-refractivity contribution in [3.05, 3.63) is 48.2 Å². The van der Waals surface area contributed by atoms with Crippen LogP contribution in [0, 0.1) is 0 Å². The van der Waals surface area contributed by atoms with Crippen molar-refractivity contribution < 1.29 is 4.74 Å². The number of nitrogens with zero attached hydrogens (tertiary/aromatic N) is 3. The highest BCUT2D eigenvalue weighted by Gasteiger charge is 2.20. The van der Waals surface area contributed by atoms with Gasteiger partial charge >= 0.3 is 0 Å². The highest BCUT2D eigenvalue weighted by atomic mass is 16.5. The van der Waals surface area contributed by atoms with Gasteiger partial charge in [-0.1, -0.05) is 6.07 Å². The molecular weight excluding hydrogens is 252 g/mol. The molecule has 1 aliphatic carbocycles. The second-order valence-corrected chi connectivity index (χ2v) is 4.92. The third kappa shape index (κ3) is 3.99. The molecule has 1 aliphatic rings. The van der Waals surface area contributed by atoms with Crippen LogP contribution < -0.4 is 10.1 Å². The van der Waals surface area contributed by atoms with Crippen molar-refractivity contribution in [1.82, 2.24) is 20.3 Å². The largest absolute Gasteiger partial charge is 0.476 e. The first-order chi connectivity index (χ1) is 9.90. The van der Waals surface area contributed by atoms with E-state index >= 15 is 0 Å². The van der Waals surface area contributed by atoms with Crippen molar-refractivity contribution in [1.29, 1.82) is 0 Å². The van der Waals surface area contributed by atoms with E-state index in [0.29, 0.717) is 18.5 Å². The molecule has 0 bridgehead atoms. The summed E-state index contributed by atoms with van der Waals surface area (Å²) in [4.78, 5) is 12.8. The molecule has 0 saturated heterocycles. The molecule has 0 radical (unpaired) electrons. The summed E-state index contributed by atoms with van der Waals surface area (Å²) in [6.07, 6.45) is 8.57. The fourth-order valence-corrected chi connectivity index (χ4v) is 1.85. The van der Waals surface area contributed by atoms with Crippen molar-refractivity contribution in [2.45, 2.75) is 31.8 Å². The van der Waals surface area contributed by atoms with E-state index in [9.17, 15) is 0 Å². The minimum atomic E-state index is 0.561. The first-order valence-corrected chi connectivity index (χ1v) is 6.97. The minimum absolute atomic E-state index is 0.561. The Kier molecular flexibility index (Phi) is 4.18. The summed E-state index contributed by atoms with van der Waals surface area (Å²) in [7, 11) is 0. The van der Waals surface area contributed by atoms with Gasteiger partial charge in [0.25, 0.3) is 0 Å². The molecule has 0 spiro atoms. The van der Waals surface area contributed by atoms with Gasteiger partial charge in [0.15, 0.2) is 0 Å². The van der Waals surface area contributed by atoms with Crippen LogP contribution in [0.15, 0.2) is 36.8 Å². The highest BCUT2D eigenvalue weighted by Crippen LogP contribution is 2.19. The van der Waals surface area contributed by atoms with Crippen LogP contribution in [0.2, 0.25) is 0 Å². The Bertz CT molecular complexity index is 525. The highest BCUT2D eigenvalue weighted by molar-refractivity contribution is 5.08. The summed E-state index contributed by atoms with van der Waals surface area (Å²) < 4.78 is 5.57. The van der Waals surface area contributed by atoms with Crippen LogP contribution in [-0.2, 0) is 13.0 Å². The fourth-order valence-electron chi connectivity index (χ4n) is 1.85. The van der Waals surface area contributed by atoms with E-state index in [4.69, 9.17) is 4.74 Å². The van der Waals surface area contributed by atoms with Crippen LogP contribution in [0.1, 0.15) is 24.2 Å². The average molecular weight is 270 g/mol. The maximum Gasteiger partial charge on any atom is 0.232 e. The van der Waals surface area contributed by atoms with E-state index in [-0.39, 0.29) is 0 Å². The molecule has 0 aromatic carbocycles. The Balaban J connectivity index is 1.43. The fraction of sp³-hybridized carbons (Fsp3) is 0.400. The van der Waals surface area contributed by atoms with Crippen LogP contribution in [0.4, 0.5) is 0 Å². The smallest absolute Gasteiger partial charge is 0.232 e. The van der Waals surface area contributed by atoms with Crippen molar-refractivity contribution >= 4 is 0 Å².